The van der Waals surface area contributed by atoms with Gasteiger partial charge in [-0.15, -0.1) is 0 Å². The number of hydrogen-bond donors (Lipinski definition) is 1. The molecule has 2 rings (SSSR count). The van der Waals surface area contributed by atoms with Crippen molar-refractivity contribution in [3.63, 3.8) is 0 Å². The first kappa shape index (κ1) is 13.3. The molecule has 0 aromatic rings. The molecular weight excluding hydrogens is 216 g/mol. The minimum atomic E-state index is 0.284. The van der Waals surface area contributed by atoms with Gasteiger partial charge in [-0.25, -0.2) is 0 Å². The van der Waals surface area contributed by atoms with Crippen LogP contribution in [-0.2, 0) is 9.47 Å². The van der Waals surface area contributed by atoms with Crippen molar-refractivity contribution in [2.45, 2.75) is 44.4 Å². The van der Waals surface area contributed by atoms with Crippen LogP contribution in [0.1, 0.15) is 26.2 Å². The second-order valence-corrected chi connectivity index (χ2v) is 5.13. The first-order chi connectivity index (χ1) is 8.35. The molecule has 4 heteroatoms. The zero-order chi connectivity index (χ0) is 12.1. The van der Waals surface area contributed by atoms with E-state index in [-0.39, 0.29) is 6.10 Å². The van der Waals surface area contributed by atoms with Crippen LogP contribution in [0.2, 0.25) is 0 Å². The van der Waals surface area contributed by atoms with Crippen molar-refractivity contribution in [1.82, 2.24) is 10.2 Å². The SMILES string of the molecule is CCCOCC(NC)C1CN2CCCC2CO1. The largest absolute Gasteiger partial charge is 0.380 e. The summed E-state index contributed by atoms with van der Waals surface area (Å²) in [6, 6.07) is 1.00. The fourth-order valence-electron chi connectivity index (χ4n) is 2.82. The summed E-state index contributed by atoms with van der Waals surface area (Å²) in [5.74, 6) is 0. The highest BCUT2D eigenvalue weighted by Gasteiger charge is 2.35. The molecule has 3 atom stereocenters. The molecule has 17 heavy (non-hydrogen) atoms. The highest BCUT2D eigenvalue weighted by molar-refractivity contribution is 4.89. The predicted molar refractivity (Wildman–Crippen MR) is 68.3 cm³/mol. The number of rotatable bonds is 6. The van der Waals surface area contributed by atoms with Crippen molar-refractivity contribution in [1.29, 1.82) is 0 Å². The molecule has 2 aliphatic rings. The van der Waals surface area contributed by atoms with Crippen molar-refractivity contribution in [3.05, 3.63) is 0 Å². The lowest BCUT2D eigenvalue weighted by atomic mass is 10.1. The predicted octanol–water partition coefficient (Wildman–Crippen LogP) is 0.864. The Kier molecular flexibility index (Phi) is 5.22. The number of nitrogens with one attached hydrogen (secondary N) is 1. The Morgan fingerprint density at radius 2 is 2.41 bits per heavy atom. The molecule has 0 aromatic heterocycles. The van der Waals surface area contributed by atoms with Gasteiger partial charge >= 0.3 is 0 Å². The van der Waals surface area contributed by atoms with Crippen LogP contribution in [0.25, 0.3) is 0 Å². The molecule has 0 saturated carbocycles. The van der Waals surface area contributed by atoms with E-state index in [2.05, 4.69) is 17.1 Å². The van der Waals surface area contributed by atoms with Gasteiger partial charge in [-0.05, 0) is 32.9 Å². The lowest BCUT2D eigenvalue weighted by Crippen LogP contribution is -2.55. The van der Waals surface area contributed by atoms with Crippen molar-refractivity contribution in [2.24, 2.45) is 0 Å². The van der Waals surface area contributed by atoms with Crippen molar-refractivity contribution in [3.8, 4) is 0 Å². The van der Waals surface area contributed by atoms with E-state index in [1.165, 1.54) is 19.4 Å². The summed E-state index contributed by atoms with van der Waals surface area (Å²) in [5, 5.41) is 3.33. The van der Waals surface area contributed by atoms with Gasteiger partial charge in [0.25, 0.3) is 0 Å². The summed E-state index contributed by atoms with van der Waals surface area (Å²) < 4.78 is 11.6. The molecule has 2 saturated heterocycles. The molecule has 0 spiro atoms. The van der Waals surface area contributed by atoms with Crippen LogP contribution in [0.3, 0.4) is 0 Å². The maximum atomic E-state index is 5.99. The Bertz CT molecular complexity index is 225. The molecule has 0 bridgehead atoms. The quantitative estimate of drug-likeness (QED) is 0.701. The highest BCUT2D eigenvalue weighted by atomic mass is 16.5. The maximum Gasteiger partial charge on any atom is 0.0877 e. The third-order valence-electron chi connectivity index (χ3n) is 3.88. The molecule has 2 fully saturated rings. The van der Waals surface area contributed by atoms with E-state index in [1.807, 2.05) is 7.05 Å². The van der Waals surface area contributed by atoms with Gasteiger partial charge in [0.05, 0.1) is 25.4 Å². The molecule has 2 heterocycles. The average molecular weight is 242 g/mol. The first-order valence-electron chi connectivity index (χ1n) is 6.95. The minimum absolute atomic E-state index is 0.284. The summed E-state index contributed by atoms with van der Waals surface area (Å²) >= 11 is 0. The van der Waals surface area contributed by atoms with Gasteiger partial charge in [-0.2, -0.15) is 0 Å². The zero-order valence-corrected chi connectivity index (χ0v) is 11.2. The highest BCUT2D eigenvalue weighted by Crippen LogP contribution is 2.23. The van der Waals surface area contributed by atoms with E-state index in [0.717, 1.165) is 32.8 Å². The Morgan fingerprint density at radius 1 is 1.53 bits per heavy atom. The van der Waals surface area contributed by atoms with Crippen LogP contribution in [0, 0.1) is 0 Å². The van der Waals surface area contributed by atoms with Gasteiger partial charge in [0, 0.05) is 19.2 Å². The standard InChI is InChI=1S/C13H26N2O2/c1-3-7-16-10-12(14-2)13-8-15-6-4-5-11(15)9-17-13/h11-14H,3-10H2,1-2H3. The molecule has 0 radical (unpaired) electrons. The summed E-state index contributed by atoms with van der Waals surface area (Å²) in [7, 11) is 2.00. The Morgan fingerprint density at radius 3 is 3.18 bits per heavy atom. The van der Waals surface area contributed by atoms with E-state index in [4.69, 9.17) is 9.47 Å². The van der Waals surface area contributed by atoms with Gasteiger partial charge < -0.3 is 14.8 Å². The number of hydrogen-bond acceptors (Lipinski definition) is 4. The molecule has 3 unspecified atom stereocenters. The van der Waals surface area contributed by atoms with Gasteiger partial charge in [-0.1, -0.05) is 6.92 Å². The maximum absolute atomic E-state index is 5.99. The second-order valence-electron chi connectivity index (χ2n) is 5.13. The van der Waals surface area contributed by atoms with E-state index >= 15 is 0 Å². The molecule has 2 aliphatic heterocycles. The van der Waals surface area contributed by atoms with E-state index in [9.17, 15) is 0 Å². The van der Waals surface area contributed by atoms with Crippen LogP contribution < -0.4 is 5.32 Å². The average Bonchev–Trinajstić information content (AvgIpc) is 2.82. The molecule has 1 N–H and O–H groups in total. The van der Waals surface area contributed by atoms with E-state index in [1.54, 1.807) is 0 Å². The molecule has 0 aliphatic carbocycles. The Hall–Kier alpha value is -0.160. The number of nitrogens with zero attached hydrogens (tertiary/aromatic N) is 1. The number of ether oxygens (including phenoxy) is 2. The fraction of sp³-hybridized carbons (Fsp3) is 1.00. The number of morpholine rings is 1. The van der Waals surface area contributed by atoms with Gasteiger partial charge in [0.2, 0.25) is 0 Å². The normalized spacial score (nSPS) is 31.4. The van der Waals surface area contributed by atoms with Crippen molar-refractivity contribution < 1.29 is 9.47 Å². The van der Waals surface area contributed by atoms with Crippen LogP contribution in [-0.4, -0.2) is 63.0 Å². The third kappa shape index (κ3) is 3.41. The van der Waals surface area contributed by atoms with E-state index in [0.29, 0.717) is 12.1 Å². The molecule has 4 nitrogen and oxygen atoms in total. The molecule has 0 amide bonds. The number of fused-ring (bicyclic) bond motifs is 1. The van der Waals surface area contributed by atoms with Gasteiger partial charge in [-0.3, -0.25) is 4.90 Å². The van der Waals surface area contributed by atoms with Crippen LogP contribution in [0.15, 0.2) is 0 Å². The first-order valence-corrected chi connectivity index (χ1v) is 6.95. The van der Waals surface area contributed by atoms with Crippen LogP contribution >= 0.6 is 0 Å². The summed E-state index contributed by atoms with van der Waals surface area (Å²) in [4.78, 5) is 2.58. The Balaban J connectivity index is 1.78. The van der Waals surface area contributed by atoms with Crippen molar-refractivity contribution in [2.75, 3.05) is 40.0 Å². The van der Waals surface area contributed by atoms with Gasteiger partial charge in [0.15, 0.2) is 0 Å². The number of likely N-dealkylation sites (N-methyl/N-ethyl adjacent to an activating group) is 1. The van der Waals surface area contributed by atoms with Gasteiger partial charge in [0.1, 0.15) is 0 Å². The molecule has 0 aromatic carbocycles. The van der Waals surface area contributed by atoms with Crippen molar-refractivity contribution >= 4 is 0 Å². The summed E-state index contributed by atoms with van der Waals surface area (Å²) in [6.45, 7) is 6.95. The second kappa shape index (κ2) is 6.69. The molecule has 100 valence electrons. The lowest BCUT2D eigenvalue weighted by Gasteiger charge is -2.38. The minimum Gasteiger partial charge on any atom is -0.380 e. The third-order valence-corrected chi connectivity index (χ3v) is 3.88. The monoisotopic (exact) mass is 242 g/mol. The summed E-state index contributed by atoms with van der Waals surface area (Å²) in [5.41, 5.74) is 0. The van der Waals surface area contributed by atoms with Crippen LogP contribution in [0.5, 0.6) is 0 Å². The fourth-order valence-corrected chi connectivity index (χ4v) is 2.82. The molecular formula is C13H26N2O2. The van der Waals surface area contributed by atoms with E-state index < -0.39 is 0 Å². The Labute approximate surface area is 105 Å². The smallest absolute Gasteiger partial charge is 0.0877 e. The lowest BCUT2D eigenvalue weighted by molar-refractivity contribution is -0.0757. The van der Waals surface area contributed by atoms with Crippen LogP contribution in [0.4, 0.5) is 0 Å². The zero-order valence-electron chi connectivity index (χ0n) is 11.2. The topological polar surface area (TPSA) is 33.7 Å². The summed E-state index contributed by atoms with van der Waals surface area (Å²) in [6.07, 6.45) is 4.00.